The normalized spacial score (nSPS) is 26.7. The average Bonchev–Trinajstić information content (AvgIpc) is 2.54. The van der Waals surface area contributed by atoms with E-state index in [1.165, 1.54) is 25.1 Å². The van der Waals surface area contributed by atoms with Crippen LogP contribution in [0.3, 0.4) is 0 Å². The Hall–Kier alpha value is -0.780. The smallest absolute Gasteiger partial charge is 0.250 e. The highest BCUT2D eigenvalue weighted by Crippen LogP contribution is 2.35. The average molecular weight is 321 g/mol. The van der Waals surface area contributed by atoms with Gasteiger partial charge in [-0.25, -0.2) is 0 Å². The largest absolute Gasteiger partial charge is 0.315 e. The number of hydrogen-bond acceptors (Lipinski definition) is 4. The van der Waals surface area contributed by atoms with Crippen molar-refractivity contribution in [3.05, 3.63) is 34.2 Å². The molecule has 22 heavy (non-hydrogen) atoms. The summed E-state index contributed by atoms with van der Waals surface area (Å²) in [6, 6.07) is 5.12. The predicted molar refractivity (Wildman–Crippen MR) is 93.3 cm³/mol. The predicted octanol–water partition coefficient (Wildman–Crippen LogP) is 2.23. The SMILES string of the molecule is CCCn1cc(CN2C3CC2CN(C(C)SC)C3)ccc1=O. The van der Waals surface area contributed by atoms with Crippen molar-refractivity contribution in [3.8, 4) is 0 Å². The van der Waals surface area contributed by atoms with Crippen molar-refractivity contribution in [1.82, 2.24) is 14.4 Å². The van der Waals surface area contributed by atoms with Crippen molar-refractivity contribution in [2.24, 2.45) is 0 Å². The van der Waals surface area contributed by atoms with Crippen molar-refractivity contribution < 1.29 is 0 Å². The van der Waals surface area contributed by atoms with Crippen molar-refractivity contribution in [2.75, 3.05) is 19.3 Å². The molecule has 0 amide bonds. The van der Waals surface area contributed by atoms with Crippen LogP contribution in [0.15, 0.2) is 23.1 Å². The quantitative estimate of drug-likeness (QED) is 0.803. The van der Waals surface area contributed by atoms with E-state index in [0.29, 0.717) is 17.5 Å². The minimum atomic E-state index is 0.120. The van der Waals surface area contributed by atoms with E-state index in [4.69, 9.17) is 0 Å². The maximum Gasteiger partial charge on any atom is 0.250 e. The topological polar surface area (TPSA) is 28.5 Å². The third-order valence-electron chi connectivity index (χ3n) is 5.10. The number of pyridine rings is 1. The first-order chi connectivity index (χ1) is 10.6. The fourth-order valence-corrected chi connectivity index (χ4v) is 4.20. The summed E-state index contributed by atoms with van der Waals surface area (Å²) in [6.07, 6.45) is 6.59. The van der Waals surface area contributed by atoms with Crippen molar-refractivity contribution in [1.29, 1.82) is 0 Å². The van der Waals surface area contributed by atoms with Gasteiger partial charge in [-0.05, 0) is 31.6 Å². The molecule has 3 atom stereocenters. The standard InChI is InChI=1S/C17H27N3OS/c1-4-7-18-9-14(5-6-17(18)21)10-20-15-8-16(20)12-19(11-15)13(2)22-3/h5-6,9,13,15-16H,4,7-8,10-12H2,1-3H3. The Kier molecular flexibility index (Phi) is 4.95. The van der Waals surface area contributed by atoms with Crippen LogP contribution in [0.5, 0.6) is 0 Å². The molecule has 0 spiro atoms. The second-order valence-electron chi connectivity index (χ2n) is 6.57. The Morgan fingerprint density at radius 3 is 2.68 bits per heavy atom. The number of thioether (sulfide) groups is 1. The molecule has 2 saturated heterocycles. The van der Waals surface area contributed by atoms with E-state index in [1.807, 2.05) is 22.4 Å². The van der Waals surface area contributed by atoms with Crippen LogP contribution in [0.1, 0.15) is 32.3 Å². The zero-order valence-corrected chi connectivity index (χ0v) is 14.7. The number of aromatic nitrogens is 1. The molecular formula is C17H27N3OS. The van der Waals surface area contributed by atoms with Gasteiger partial charge in [0.2, 0.25) is 0 Å². The van der Waals surface area contributed by atoms with Gasteiger partial charge < -0.3 is 4.57 Å². The summed E-state index contributed by atoms with van der Waals surface area (Å²) in [5, 5.41) is 0.624. The first kappa shape index (κ1) is 16.1. The number of nitrogens with zero attached hydrogens (tertiary/aromatic N) is 3. The lowest BCUT2D eigenvalue weighted by molar-refractivity contribution is -0.0767. The van der Waals surface area contributed by atoms with Gasteiger partial charge in [0.1, 0.15) is 0 Å². The van der Waals surface area contributed by atoms with E-state index in [2.05, 4.69) is 36.1 Å². The van der Waals surface area contributed by atoms with E-state index in [-0.39, 0.29) is 5.56 Å². The third-order valence-corrected chi connectivity index (χ3v) is 6.08. The Bertz CT molecular complexity index is 561. The molecule has 0 radical (unpaired) electrons. The second-order valence-corrected chi connectivity index (χ2v) is 7.73. The van der Waals surface area contributed by atoms with Crippen LogP contribution in [0.4, 0.5) is 0 Å². The van der Waals surface area contributed by atoms with Gasteiger partial charge in [0.25, 0.3) is 5.56 Å². The molecule has 3 unspecified atom stereocenters. The minimum absolute atomic E-state index is 0.120. The van der Waals surface area contributed by atoms with E-state index in [1.54, 1.807) is 6.07 Å². The number of piperidine rings is 1. The molecule has 122 valence electrons. The monoisotopic (exact) mass is 321 g/mol. The van der Waals surface area contributed by atoms with E-state index >= 15 is 0 Å². The zero-order chi connectivity index (χ0) is 15.7. The summed E-state index contributed by atoms with van der Waals surface area (Å²) < 4.78 is 1.85. The first-order valence-electron chi connectivity index (χ1n) is 8.34. The summed E-state index contributed by atoms with van der Waals surface area (Å²) in [4.78, 5) is 17.1. The van der Waals surface area contributed by atoms with E-state index < -0.39 is 0 Å². The van der Waals surface area contributed by atoms with Crippen LogP contribution in [0, 0.1) is 0 Å². The number of rotatable bonds is 6. The highest BCUT2D eigenvalue weighted by Gasteiger charge is 2.45. The molecule has 1 aromatic heterocycles. The highest BCUT2D eigenvalue weighted by atomic mass is 32.2. The fraction of sp³-hybridized carbons (Fsp3) is 0.706. The van der Waals surface area contributed by atoms with Crippen molar-refractivity contribution in [3.63, 3.8) is 0 Å². The molecule has 5 heteroatoms. The van der Waals surface area contributed by atoms with Gasteiger partial charge in [-0.2, -0.15) is 0 Å². The molecule has 2 aliphatic rings. The molecule has 2 bridgehead atoms. The van der Waals surface area contributed by atoms with E-state index in [9.17, 15) is 4.79 Å². The lowest BCUT2D eigenvalue weighted by Gasteiger charge is -2.57. The van der Waals surface area contributed by atoms with Crippen LogP contribution in [0.2, 0.25) is 0 Å². The van der Waals surface area contributed by atoms with Crippen LogP contribution < -0.4 is 5.56 Å². The molecule has 4 nitrogen and oxygen atoms in total. The molecule has 1 aromatic rings. The Balaban J connectivity index is 1.64. The van der Waals surface area contributed by atoms with Crippen LogP contribution in [-0.2, 0) is 13.1 Å². The number of aryl methyl sites for hydroxylation is 1. The Morgan fingerprint density at radius 1 is 1.32 bits per heavy atom. The van der Waals surface area contributed by atoms with Crippen molar-refractivity contribution in [2.45, 2.75) is 57.2 Å². The number of hydrogen-bond donors (Lipinski definition) is 0. The third kappa shape index (κ3) is 3.12. The zero-order valence-electron chi connectivity index (χ0n) is 13.9. The van der Waals surface area contributed by atoms with Gasteiger partial charge in [-0.1, -0.05) is 13.0 Å². The first-order valence-corrected chi connectivity index (χ1v) is 9.63. The van der Waals surface area contributed by atoms with Crippen LogP contribution in [-0.4, -0.2) is 51.2 Å². The van der Waals surface area contributed by atoms with Crippen LogP contribution in [0.25, 0.3) is 0 Å². The van der Waals surface area contributed by atoms with Gasteiger partial charge in [0, 0.05) is 50.5 Å². The van der Waals surface area contributed by atoms with Gasteiger partial charge in [0.05, 0.1) is 5.37 Å². The summed E-state index contributed by atoms with van der Waals surface area (Å²) >= 11 is 1.94. The number of fused-ring (bicyclic) bond motifs is 2. The van der Waals surface area contributed by atoms with Gasteiger partial charge in [-0.15, -0.1) is 11.8 Å². The summed E-state index contributed by atoms with van der Waals surface area (Å²) in [5.41, 5.74) is 1.39. The molecule has 2 fully saturated rings. The van der Waals surface area contributed by atoms with Gasteiger partial charge in [-0.3, -0.25) is 14.6 Å². The van der Waals surface area contributed by atoms with Crippen molar-refractivity contribution >= 4 is 11.8 Å². The maximum absolute atomic E-state index is 11.8. The minimum Gasteiger partial charge on any atom is -0.315 e. The number of piperazine rings is 1. The molecule has 0 aromatic carbocycles. The number of likely N-dealkylation sites (tertiary alicyclic amines) is 2. The van der Waals surface area contributed by atoms with Gasteiger partial charge in [0.15, 0.2) is 0 Å². The molecule has 3 rings (SSSR count). The molecule has 3 heterocycles. The molecule has 2 aliphatic heterocycles. The fourth-order valence-electron chi connectivity index (χ4n) is 3.72. The molecular weight excluding hydrogens is 294 g/mol. The Morgan fingerprint density at radius 2 is 2.05 bits per heavy atom. The Labute approximate surface area is 137 Å². The summed E-state index contributed by atoms with van der Waals surface area (Å²) in [5.74, 6) is 0. The summed E-state index contributed by atoms with van der Waals surface area (Å²) in [7, 11) is 0. The maximum atomic E-state index is 11.8. The summed E-state index contributed by atoms with van der Waals surface area (Å²) in [6.45, 7) is 8.60. The molecule has 0 aliphatic carbocycles. The highest BCUT2D eigenvalue weighted by molar-refractivity contribution is 7.99. The van der Waals surface area contributed by atoms with Crippen LogP contribution >= 0.6 is 11.8 Å². The lowest BCUT2D eigenvalue weighted by atomic mass is 9.87. The second kappa shape index (κ2) is 6.77. The lowest BCUT2D eigenvalue weighted by Crippen LogP contribution is -2.68. The molecule has 0 saturated carbocycles. The van der Waals surface area contributed by atoms with E-state index in [0.717, 1.165) is 19.5 Å². The molecule has 0 N–H and O–H groups in total. The van der Waals surface area contributed by atoms with Gasteiger partial charge >= 0.3 is 0 Å².